The highest BCUT2D eigenvalue weighted by molar-refractivity contribution is 5.61. The van der Waals surface area contributed by atoms with Crippen LogP contribution in [0.4, 0.5) is 10.2 Å². The maximum Gasteiger partial charge on any atom is 0.230 e. The number of rotatable bonds is 4. The van der Waals surface area contributed by atoms with Crippen molar-refractivity contribution in [3.05, 3.63) is 36.8 Å². The Balaban J connectivity index is 1.68. The summed E-state index contributed by atoms with van der Waals surface area (Å²) >= 11 is 0. The molecule has 3 aromatic heterocycles. The van der Waals surface area contributed by atoms with Gasteiger partial charge in [0.25, 0.3) is 0 Å². The van der Waals surface area contributed by atoms with Gasteiger partial charge in [-0.1, -0.05) is 6.07 Å². The number of anilines is 1. The largest absolute Gasteiger partial charge is 0.480 e. The van der Waals surface area contributed by atoms with Crippen LogP contribution >= 0.6 is 0 Å². The van der Waals surface area contributed by atoms with E-state index >= 15 is 0 Å². The molecule has 0 spiro atoms. The Morgan fingerprint density at radius 3 is 3.00 bits per heavy atom. The normalized spacial score (nSPS) is 20.4. The van der Waals surface area contributed by atoms with Crippen LogP contribution in [0.3, 0.4) is 0 Å². The Labute approximate surface area is 137 Å². The average molecular weight is 328 g/mol. The minimum Gasteiger partial charge on any atom is -0.480 e. The summed E-state index contributed by atoms with van der Waals surface area (Å²) in [6.45, 7) is 0.961. The van der Waals surface area contributed by atoms with Gasteiger partial charge in [0, 0.05) is 13.1 Å². The second-order valence-corrected chi connectivity index (χ2v) is 5.63. The molecule has 1 aliphatic rings. The highest BCUT2D eigenvalue weighted by Gasteiger charge is 2.26. The Bertz CT molecular complexity index is 867. The molecule has 1 aliphatic heterocycles. The van der Waals surface area contributed by atoms with E-state index in [9.17, 15) is 4.39 Å². The number of pyridine rings is 1. The minimum atomic E-state index is -0.915. The molecule has 0 bridgehead atoms. The quantitative estimate of drug-likeness (QED) is 0.756. The van der Waals surface area contributed by atoms with Gasteiger partial charge >= 0.3 is 0 Å². The molecule has 0 aliphatic carbocycles. The standard InChI is InChI=1S/C16H17FN6O/c1-24-16-9-23-13(7-19-15(23)8-20-16)11-3-2-4-14(21-11)22-12-6-18-5-10(12)17/h2-4,7-10,12,18H,5-6H2,1H3,(H,21,22)/t10-,12-/m0/s1. The fraction of sp³-hybridized carbons (Fsp3) is 0.312. The van der Waals surface area contributed by atoms with Crippen LogP contribution in [0.25, 0.3) is 17.0 Å². The Hall–Kier alpha value is -2.74. The van der Waals surface area contributed by atoms with Gasteiger partial charge in [0.1, 0.15) is 12.0 Å². The first kappa shape index (κ1) is 14.8. The van der Waals surface area contributed by atoms with E-state index < -0.39 is 6.17 Å². The molecule has 2 atom stereocenters. The van der Waals surface area contributed by atoms with Gasteiger partial charge in [0.15, 0.2) is 5.65 Å². The third kappa shape index (κ3) is 2.65. The number of hydrogen-bond donors (Lipinski definition) is 2. The topological polar surface area (TPSA) is 76.4 Å². The molecule has 4 rings (SSSR count). The first-order valence-electron chi connectivity index (χ1n) is 7.70. The zero-order valence-corrected chi connectivity index (χ0v) is 13.1. The van der Waals surface area contributed by atoms with Gasteiger partial charge in [-0.15, -0.1) is 0 Å². The highest BCUT2D eigenvalue weighted by atomic mass is 19.1. The molecule has 0 aromatic carbocycles. The Kier molecular flexibility index (Phi) is 3.73. The third-order valence-electron chi connectivity index (χ3n) is 4.07. The lowest BCUT2D eigenvalue weighted by atomic mass is 10.2. The molecule has 0 saturated carbocycles. The van der Waals surface area contributed by atoms with E-state index in [0.717, 1.165) is 11.4 Å². The van der Waals surface area contributed by atoms with Crippen LogP contribution in [0.5, 0.6) is 5.88 Å². The zero-order chi connectivity index (χ0) is 16.5. The number of nitrogens with one attached hydrogen (secondary N) is 2. The van der Waals surface area contributed by atoms with Crippen LogP contribution in [-0.2, 0) is 0 Å². The first-order chi connectivity index (χ1) is 11.7. The number of imidazole rings is 1. The fourth-order valence-corrected chi connectivity index (χ4v) is 2.80. The molecular weight excluding hydrogens is 311 g/mol. The molecule has 1 fully saturated rings. The van der Waals surface area contributed by atoms with Crippen molar-refractivity contribution in [3.8, 4) is 17.3 Å². The van der Waals surface area contributed by atoms with E-state index in [2.05, 4.69) is 25.6 Å². The molecule has 124 valence electrons. The Morgan fingerprint density at radius 2 is 2.21 bits per heavy atom. The monoisotopic (exact) mass is 328 g/mol. The summed E-state index contributed by atoms with van der Waals surface area (Å²) in [7, 11) is 1.57. The number of alkyl halides is 1. The smallest absolute Gasteiger partial charge is 0.230 e. The van der Waals surface area contributed by atoms with Crippen LogP contribution in [0.2, 0.25) is 0 Å². The lowest BCUT2D eigenvalue weighted by Gasteiger charge is -2.15. The van der Waals surface area contributed by atoms with Crippen molar-refractivity contribution in [2.45, 2.75) is 12.2 Å². The molecule has 24 heavy (non-hydrogen) atoms. The average Bonchev–Trinajstić information content (AvgIpc) is 3.21. The van der Waals surface area contributed by atoms with Gasteiger partial charge < -0.3 is 15.4 Å². The maximum atomic E-state index is 13.8. The SMILES string of the molecule is COc1cn2c(-c3cccc(N[C@H]4CNC[C@@H]4F)n3)cnc2cn1. The second-order valence-electron chi connectivity index (χ2n) is 5.63. The summed E-state index contributed by atoms with van der Waals surface area (Å²) in [6.07, 6.45) is 4.22. The molecule has 1 saturated heterocycles. The van der Waals surface area contributed by atoms with Gasteiger partial charge in [0.2, 0.25) is 5.88 Å². The molecule has 4 heterocycles. The van der Waals surface area contributed by atoms with E-state index in [1.165, 1.54) is 0 Å². The fourth-order valence-electron chi connectivity index (χ4n) is 2.80. The van der Waals surface area contributed by atoms with E-state index in [1.807, 2.05) is 22.6 Å². The van der Waals surface area contributed by atoms with Crippen LogP contribution in [0.15, 0.2) is 36.8 Å². The van der Waals surface area contributed by atoms with Crippen molar-refractivity contribution >= 4 is 11.5 Å². The number of halogens is 1. The third-order valence-corrected chi connectivity index (χ3v) is 4.07. The second kappa shape index (κ2) is 6.04. The van der Waals surface area contributed by atoms with Gasteiger partial charge in [-0.3, -0.25) is 4.40 Å². The molecule has 0 amide bonds. The summed E-state index contributed by atoms with van der Waals surface area (Å²) in [4.78, 5) is 13.1. The van der Waals surface area contributed by atoms with E-state index in [0.29, 0.717) is 30.4 Å². The van der Waals surface area contributed by atoms with Crippen molar-refractivity contribution < 1.29 is 9.13 Å². The van der Waals surface area contributed by atoms with E-state index in [1.54, 1.807) is 25.7 Å². The molecule has 7 nitrogen and oxygen atoms in total. The lowest BCUT2D eigenvalue weighted by Crippen LogP contribution is -2.29. The summed E-state index contributed by atoms with van der Waals surface area (Å²) < 4.78 is 20.8. The maximum absolute atomic E-state index is 13.8. The van der Waals surface area contributed by atoms with E-state index in [-0.39, 0.29) is 6.04 Å². The van der Waals surface area contributed by atoms with Gasteiger partial charge in [-0.2, -0.15) is 0 Å². The number of fused-ring (bicyclic) bond motifs is 1. The summed E-state index contributed by atoms with van der Waals surface area (Å²) in [6, 6.07) is 5.35. The molecule has 2 N–H and O–H groups in total. The number of hydrogen-bond acceptors (Lipinski definition) is 6. The lowest BCUT2D eigenvalue weighted by molar-refractivity contribution is 0.342. The molecular formula is C16H17FN6O. The molecule has 8 heteroatoms. The van der Waals surface area contributed by atoms with Crippen LogP contribution in [0, 0.1) is 0 Å². The predicted octanol–water partition coefficient (Wildman–Crippen LogP) is 1.52. The van der Waals surface area contributed by atoms with Crippen LogP contribution in [0.1, 0.15) is 0 Å². The van der Waals surface area contributed by atoms with Crippen molar-refractivity contribution in [2.24, 2.45) is 0 Å². The summed E-state index contributed by atoms with van der Waals surface area (Å²) in [5.41, 5.74) is 2.26. The van der Waals surface area contributed by atoms with Crippen molar-refractivity contribution in [3.63, 3.8) is 0 Å². The van der Waals surface area contributed by atoms with E-state index in [4.69, 9.17) is 4.74 Å². The van der Waals surface area contributed by atoms with Gasteiger partial charge in [-0.05, 0) is 12.1 Å². The van der Waals surface area contributed by atoms with Crippen molar-refractivity contribution in [1.82, 2.24) is 24.7 Å². The zero-order valence-electron chi connectivity index (χ0n) is 13.1. The van der Waals surface area contributed by atoms with Crippen molar-refractivity contribution in [2.75, 3.05) is 25.5 Å². The van der Waals surface area contributed by atoms with Gasteiger partial charge in [-0.25, -0.2) is 19.3 Å². The molecule has 3 aromatic rings. The van der Waals surface area contributed by atoms with Crippen LogP contribution in [-0.4, -0.2) is 51.8 Å². The van der Waals surface area contributed by atoms with Gasteiger partial charge in [0.05, 0.1) is 43.1 Å². The number of nitrogens with zero attached hydrogens (tertiary/aromatic N) is 4. The number of aromatic nitrogens is 4. The minimum absolute atomic E-state index is 0.265. The summed E-state index contributed by atoms with van der Waals surface area (Å²) in [5.74, 6) is 1.13. The number of methoxy groups -OCH3 is 1. The summed E-state index contributed by atoms with van der Waals surface area (Å²) in [5, 5.41) is 6.17. The number of ether oxygens (including phenoxy) is 1. The van der Waals surface area contributed by atoms with Crippen molar-refractivity contribution in [1.29, 1.82) is 0 Å². The predicted molar refractivity (Wildman–Crippen MR) is 87.9 cm³/mol. The van der Waals surface area contributed by atoms with Crippen LogP contribution < -0.4 is 15.4 Å². The molecule has 0 unspecified atom stereocenters. The molecule has 0 radical (unpaired) electrons. The Morgan fingerprint density at radius 1 is 1.29 bits per heavy atom. The first-order valence-corrected chi connectivity index (χ1v) is 7.70. The highest BCUT2D eigenvalue weighted by Crippen LogP contribution is 2.22.